The first-order chi connectivity index (χ1) is 9.93. The number of aliphatic carboxylic acids is 1. The van der Waals surface area contributed by atoms with Crippen molar-refractivity contribution >= 4 is 17.7 Å². The number of benzene rings is 1. The van der Waals surface area contributed by atoms with Crippen LogP contribution >= 0.6 is 0 Å². The van der Waals surface area contributed by atoms with Gasteiger partial charge in [-0.15, -0.1) is 0 Å². The zero-order valence-corrected chi connectivity index (χ0v) is 12.4. The van der Waals surface area contributed by atoms with Crippen LogP contribution in [0.2, 0.25) is 0 Å². The first-order valence-electron chi connectivity index (χ1n) is 6.80. The number of anilines is 1. The van der Waals surface area contributed by atoms with Crippen molar-refractivity contribution in [3.63, 3.8) is 0 Å². The SMILES string of the molecule is COC1CC(C(=O)O)N(C(=O)N(C)c2ccc(C)cc2)C1. The number of carboxylic acid groups (broad SMARTS) is 1. The minimum Gasteiger partial charge on any atom is -0.480 e. The summed E-state index contributed by atoms with van der Waals surface area (Å²) in [6.45, 7) is 2.26. The average molecular weight is 292 g/mol. The summed E-state index contributed by atoms with van der Waals surface area (Å²) in [7, 11) is 3.17. The molecule has 2 amide bonds. The third-order valence-electron chi connectivity index (χ3n) is 3.84. The number of amides is 2. The second kappa shape index (κ2) is 6.13. The lowest BCUT2D eigenvalue weighted by molar-refractivity contribution is -0.141. The fraction of sp³-hybridized carbons (Fsp3) is 0.467. The molecule has 0 bridgehead atoms. The van der Waals surface area contributed by atoms with E-state index in [1.54, 1.807) is 7.05 Å². The molecule has 1 aromatic rings. The van der Waals surface area contributed by atoms with E-state index in [0.29, 0.717) is 13.0 Å². The third kappa shape index (κ3) is 3.16. The van der Waals surface area contributed by atoms with Crippen molar-refractivity contribution in [2.24, 2.45) is 0 Å². The van der Waals surface area contributed by atoms with Crippen LogP contribution in [0, 0.1) is 6.92 Å². The predicted octanol–water partition coefficient (Wildman–Crippen LogP) is 1.73. The molecule has 1 N–H and O–H groups in total. The highest BCUT2D eigenvalue weighted by Crippen LogP contribution is 2.24. The molecule has 6 heteroatoms. The van der Waals surface area contributed by atoms with Crippen LogP contribution in [0.3, 0.4) is 0 Å². The maximum absolute atomic E-state index is 12.5. The van der Waals surface area contributed by atoms with E-state index < -0.39 is 12.0 Å². The van der Waals surface area contributed by atoms with Gasteiger partial charge in [0.05, 0.1) is 6.10 Å². The largest absolute Gasteiger partial charge is 0.480 e. The number of methoxy groups -OCH3 is 1. The maximum atomic E-state index is 12.5. The Balaban J connectivity index is 2.17. The number of rotatable bonds is 3. The first-order valence-corrected chi connectivity index (χ1v) is 6.80. The van der Waals surface area contributed by atoms with E-state index >= 15 is 0 Å². The predicted molar refractivity (Wildman–Crippen MR) is 78.5 cm³/mol. The Hall–Kier alpha value is -2.08. The van der Waals surface area contributed by atoms with Gasteiger partial charge < -0.3 is 14.7 Å². The van der Waals surface area contributed by atoms with Gasteiger partial charge >= 0.3 is 12.0 Å². The van der Waals surface area contributed by atoms with E-state index in [4.69, 9.17) is 4.74 Å². The number of hydrogen-bond donors (Lipinski definition) is 1. The lowest BCUT2D eigenvalue weighted by Crippen LogP contribution is -2.47. The normalized spacial score (nSPS) is 21.4. The molecule has 1 fully saturated rings. The smallest absolute Gasteiger partial charge is 0.326 e. The zero-order valence-electron chi connectivity index (χ0n) is 12.4. The molecule has 0 aromatic heterocycles. The molecule has 6 nitrogen and oxygen atoms in total. The van der Waals surface area contributed by atoms with Gasteiger partial charge in [0, 0.05) is 32.8 Å². The molecule has 1 saturated heterocycles. The average Bonchev–Trinajstić information content (AvgIpc) is 2.91. The molecule has 1 aliphatic rings. The van der Waals surface area contributed by atoms with Crippen molar-refractivity contribution in [1.29, 1.82) is 0 Å². The van der Waals surface area contributed by atoms with Crippen molar-refractivity contribution in [3.05, 3.63) is 29.8 Å². The van der Waals surface area contributed by atoms with Gasteiger partial charge in [-0.2, -0.15) is 0 Å². The molecule has 2 unspecified atom stereocenters. The Labute approximate surface area is 123 Å². The molecule has 2 atom stereocenters. The Morgan fingerprint density at radius 3 is 2.48 bits per heavy atom. The van der Waals surface area contributed by atoms with Crippen LogP contribution in [0.5, 0.6) is 0 Å². The Morgan fingerprint density at radius 2 is 1.95 bits per heavy atom. The molecule has 0 saturated carbocycles. The van der Waals surface area contributed by atoms with Gasteiger partial charge in [0.25, 0.3) is 0 Å². The van der Waals surface area contributed by atoms with Crippen LogP contribution < -0.4 is 4.90 Å². The first kappa shape index (κ1) is 15.3. The highest BCUT2D eigenvalue weighted by atomic mass is 16.5. The summed E-state index contributed by atoms with van der Waals surface area (Å²) in [5.74, 6) is -1.000. The van der Waals surface area contributed by atoms with Gasteiger partial charge in [0.1, 0.15) is 6.04 Å². The molecule has 1 aliphatic heterocycles. The van der Waals surface area contributed by atoms with E-state index in [1.807, 2.05) is 31.2 Å². The van der Waals surface area contributed by atoms with Gasteiger partial charge in [0.15, 0.2) is 0 Å². The quantitative estimate of drug-likeness (QED) is 0.921. The van der Waals surface area contributed by atoms with E-state index in [9.17, 15) is 14.7 Å². The number of likely N-dealkylation sites (tertiary alicyclic amines) is 1. The van der Waals surface area contributed by atoms with Gasteiger partial charge in [0.2, 0.25) is 0 Å². The minimum absolute atomic E-state index is 0.235. The number of nitrogens with zero attached hydrogens (tertiary/aromatic N) is 2. The second-order valence-electron chi connectivity index (χ2n) is 5.28. The fourth-order valence-corrected chi connectivity index (χ4v) is 2.49. The van der Waals surface area contributed by atoms with Crippen molar-refractivity contribution in [2.75, 3.05) is 25.6 Å². The molecule has 0 spiro atoms. The summed E-state index contributed by atoms with van der Waals surface area (Å²) in [4.78, 5) is 26.7. The molecule has 2 rings (SSSR count). The Morgan fingerprint density at radius 1 is 1.33 bits per heavy atom. The van der Waals surface area contributed by atoms with Crippen molar-refractivity contribution in [1.82, 2.24) is 4.90 Å². The van der Waals surface area contributed by atoms with Crippen LogP contribution in [0.15, 0.2) is 24.3 Å². The van der Waals surface area contributed by atoms with Crippen LogP contribution in [0.25, 0.3) is 0 Å². The van der Waals surface area contributed by atoms with Gasteiger partial charge in [-0.25, -0.2) is 9.59 Å². The lowest BCUT2D eigenvalue weighted by atomic mass is 10.2. The highest BCUT2D eigenvalue weighted by Gasteiger charge is 2.41. The van der Waals surface area contributed by atoms with Crippen molar-refractivity contribution < 1.29 is 19.4 Å². The van der Waals surface area contributed by atoms with Crippen molar-refractivity contribution in [2.45, 2.75) is 25.5 Å². The Kier molecular flexibility index (Phi) is 4.47. The lowest BCUT2D eigenvalue weighted by Gasteiger charge is -2.27. The second-order valence-corrected chi connectivity index (χ2v) is 5.28. The Bertz CT molecular complexity index is 529. The zero-order chi connectivity index (χ0) is 15.6. The van der Waals surface area contributed by atoms with Gasteiger partial charge in [-0.1, -0.05) is 17.7 Å². The van der Waals surface area contributed by atoms with Crippen LogP contribution in [0.4, 0.5) is 10.5 Å². The van der Waals surface area contributed by atoms with Gasteiger partial charge in [-0.05, 0) is 19.1 Å². The molecule has 0 aliphatic carbocycles. The van der Waals surface area contributed by atoms with E-state index in [1.165, 1.54) is 16.9 Å². The third-order valence-corrected chi connectivity index (χ3v) is 3.84. The number of ether oxygens (including phenoxy) is 1. The number of carbonyl (C=O) groups excluding carboxylic acids is 1. The molecule has 0 radical (unpaired) electrons. The van der Waals surface area contributed by atoms with E-state index in [2.05, 4.69) is 0 Å². The topological polar surface area (TPSA) is 70.1 Å². The van der Waals surface area contributed by atoms with Crippen LogP contribution in [-0.4, -0.2) is 54.9 Å². The molecule has 1 heterocycles. The molecule has 21 heavy (non-hydrogen) atoms. The van der Waals surface area contributed by atoms with Crippen molar-refractivity contribution in [3.8, 4) is 0 Å². The monoisotopic (exact) mass is 292 g/mol. The number of urea groups is 1. The standard InChI is InChI=1S/C15H20N2O4/c1-10-4-6-11(7-5-10)16(2)15(20)17-9-12(21-3)8-13(17)14(18)19/h4-7,12-13H,8-9H2,1-3H3,(H,18,19). The van der Waals surface area contributed by atoms with Gasteiger partial charge in [-0.3, -0.25) is 4.90 Å². The summed E-state index contributed by atoms with van der Waals surface area (Å²) in [5, 5.41) is 9.27. The maximum Gasteiger partial charge on any atom is 0.326 e. The summed E-state index contributed by atoms with van der Waals surface area (Å²) >= 11 is 0. The van der Waals surface area contributed by atoms with Crippen LogP contribution in [-0.2, 0) is 9.53 Å². The number of carboxylic acids is 1. The number of aryl methyl sites for hydroxylation is 1. The summed E-state index contributed by atoms with van der Waals surface area (Å²) in [5.41, 5.74) is 1.83. The number of hydrogen-bond acceptors (Lipinski definition) is 3. The molecular formula is C15H20N2O4. The summed E-state index contributed by atoms with van der Waals surface area (Å²) < 4.78 is 5.20. The highest BCUT2D eigenvalue weighted by molar-refractivity contribution is 5.94. The molecule has 114 valence electrons. The molecular weight excluding hydrogens is 272 g/mol. The summed E-state index contributed by atoms with van der Waals surface area (Å²) in [6.07, 6.45) is 0.0840. The number of carbonyl (C=O) groups is 2. The summed E-state index contributed by atoms with van der Waals surface area (Å²) in [6, 6.07) is 6.34. The fourth-order valence-electron chi connectivity index (χ4n) is 2.49. The van der Waals surface area contributed by atoms with E-state index in [-0.39, 0.29) is 12.1 Å². The minimum atomic E-state index is -1.000. The molecule has 1 aromatic carbocycles. The van der Waals surface area contributed by atoms with E-state index in [0.717, 1.165) is 11.3 Å². The van der Waals surface area contributed by atoms with Crippen LogP contribution in [0.1, 0.15) is 12.0 Å².